The van der Waals surface area contributed by atoms with Crippen LogP contribution in [0.25, 0.3) is 0 Å². The van der Waals surface area contributed by atoms with Gasteiger partial charge in [-0.1, -0.05) is 71.3 Å². The van der Waals surface area contributed by atoms with E-state index in [4.69, 9.17) is 0 Å². The molecule has 0 nitrogen and oxygen atoms in total. The second kappa shape index (κ2) is 11.8. The molecule has 0 bridgehead atoms. The third-order valence-corrected chi connectivity index (χ3v) is 3.31. The van der Waals surface area contributed by atoms with Crippen LogP contribution in [0.2, 0.25) is 0 Å². The molecule has 1 atom stereocenters. The molecule has 0 aromatic carbocycles. The van der Waals surface area contributed by atoms with Gasteiger partial charge in [-0.3, -0.25) is 0 Å². The molecule has 0 heterocycles. The zero-order chi connectivity index (χ0) is 11.4. The lowest BCUT2D eigenvalue weighted by Crippen LogP contribution is -1.98. The van der Waals surface area contributed by atoms with Crippen LogP contribution in [0.1, 0.15) is 78.1 Å². The van der Waals surface area contributed by atoms with Crippen LogP contribution in [-0.2, 0) is 0 Å². The van der Waals surface area contributed by atoms with E-state index in [0.717, 1.165) is 5.92 Å². The van der Waals surface area contributed by atoms with Gasteiger partial charge in [0.05, 0.1) is 0 Å². The zero-order valence-corrected chi connectivity index (χ0v) is 10.9. The van der Waals surface area contributed by atoms with Gasteiger partial charge in [0, 0.05) is 0 Å². The Kier molecular flexibility index (Phi) is 11.6. The number of rotatable bonds is 11. The van der Waals surface area contributed by atoms with Crippen molar-refractivity contribution in [3.63, 3.8) is 0 Å². The van der Waals surface area contributed by atoms with Crippen LogP contribution in [-0.4, -0.2) is 0 Å². The summed E-state index contributed by atoms with van der Waals surface area (Å²) < 4.78 is 0. The summed E-state index contributed by atoms with van der Waals surface area (Å²) in [5, 5.41) is 0. The monoisotopic (exact) mass is 210 g/mol. The summed E-state index contributed by atoms with van der Waals surface area (Å²) in [6, 6.07) is 0. The van der Waals surface area contributed by atoms with E-state index in [1.807, 2.05) is 6.08 Å². The van der Waals surface area contributed by atoms with E-state index in [1.54, 1.807) is 0 Å². The van der Waals surface area contributed by atoms with Crippen molar-refractivity contribution in [2.75, 3.05) is 0 Å². The Morgan fingerprint density at radius 1 is 0.933 bits per heavy atom. The molecule has 0 aliphatic heterocycles. The Hall–Kier alpha value is -0.260. The second-order valence-electron chi connectivity index (χ2n) is 4.70. The maximum absolute atomic E-state index is 3.75. The minimum atomic E-state index is 1.00. The molecule has 0 heteroatoms. The van der Waals surface area contributed by atoms with Crippen LogP contribution >= 0.6 is 0 Å². The third-order valence-electron chi connectivity index (χ3n) is 3.31. The first-order valence-corrected chi connectivity index (χ1v) is 6.96. The summed E-state index contributed by atoms with van der Waals surface area (Å²) in [4.78, 5) is 0. The standard InChI is InChI=1S/C15H30/c1-4-7-9-10-11-12-14-15(6-3)13-8-5-2/h4,15H,1,5-14H2,2-3H3. The first-order chi connectivity index (χ1) is 7.35. The van der Waals surface area contributed by atoms with Crippen molar-refractivity contribution in [3.05, 3.63) is 12.7 Å². The van der Waals surface area contributed by atoms with E-state index >= 15 is 0 Å². The van der Waals surface area contributed by atoms with Gasteiger partial charge in [0.25, 0.3) is 0 Å². The van der Waals surface area contributed by atoms with Gasteiger partial charge in [0.1, 0.15) is 0 Å². The van der Waals surface area contributed by atoms with E-state index in [1.165, 1.54) is 64.2 Å². The van der Waals surface area contributed by atoms with Gasteiger partial charge < -0.3 is 0 Å². The molecule has 0 N–H and O–H groups in total. The van der Waals surface area contributed by atoms with Crippen molar-refractivity contribution in [3.8, 4) is 0 Å². The summed E-state index contributed by atoms with van der Waals surface area (Å²) >= 11 is 0. The fraction of sp³-hybridized carbons (Fsp3) is 0.867. The predicted molar refractivity (Wildman–Crippen MR) is 71.2 cm³/mol. The van der Waals surface area contributed by atoms with Crippen molar-refractivity contribution in [2.24, 2.45) is 5.92 Å². The van der Waals surface area contributed by atoms with Crippen molar-refractivity contribution in [1.29, 1.82) is 0 Å². The fourth-order valence-electron chi connectivity index (χ4n) is 2.12. The van der Waals surface area contributed by atoms with E-state index in [0.29, 0.717) is 0 Å². The predicted octanol–water partition coefficient (Wildman–Crippen LogP) is 5.73. The van der Waals surface area contributed by atoms with E-state index in [-0.39, 0.29) is 0 Å². The molecule has 0 aromatic rings. The Balaban J connectivity index is 3.25. The maximum atomic E-state index is 3.75. The summed E-state index contributed by atoms with van der Waals surface area (Å²) in [5.74, 6) is 1.00. The zero-order valence-electron chi connectivity index (χ0n) is 10.9. The van der Waals surface area contributed by atoms with Crippen LogP contribution in [0.4, 0.5) is 0 Å². The lowest BCUT2D eigenvalue weighted by molar-refractivity contribution is 0.401. The lowest BCUT2D eigenvalue weighted by atomic mass is 9.93. The highest BCUT2D eigenvalue weighted by Crippen LogP contribution is 2.20. The van der Waals surface area contributed by atoms with Crippen molar-refractivity contribution in [2.45, 2.75) is 78.1 Å². The molecule has 0 saturated heterocycles. The first kappa shape index (κ1) is 14.7. The maximum Gasteiger partial charge on any atom is -0.0353 e. The smallest absolute Gasteiger partial charge is 0.0353 e. The topological polar surface area (TPSA) is 0 Å². The van der Waals surface area contributed by atoms with Crippen molar-refractivity contribution < 1.29 is 0 Å². The largest absolute Gasteiger partial charge is 0.103 e. The van der Waals surface area contributed by atoms with Gasteiger partial charge in [0.15, 0.2) is 0 Å². The van der Waals surface area contributed by atoms with Gasteiger partial charge in [-0.25, -0.2) is 0 Å². The van der Waals surface area contributed by atoms with Crippen LogP contribution < -0.4 is 0 Å². The lowest BCUT2D eigenvalue weighted by Gasteiger charge is -2.13. The van der Waals surface area contributed by atoms with Crippen LogP contribution in [0.3, 0.4) is 0 Å². The summed E-state index contributed by atoms with van der Waals surface area (Å²) in [6.07, 6.45) is 15.9. The number of allylic oxidation sites excluding steroid dienone is 1. The Morgan fingerprint density at radius 2 is 1.60 bits per heavy atom. The van der Waals surface area contributed by atoms with Gasteiger partial charge in [-0.15, -0.1) is 6.58 Å². The second-order valence-corrected chi connectivity index (χ2v) is 4.70. The van der Waals surface area contributed by atoms with Crippen LogP contribution in [0, 0.1) is 5.92 Å². The van der Waals surface area contributed by atoms with E-state index < -0.39 is 0 Å². The average Bonchev–Trinajstić information content (AvgIpc) is 2.27. The molecule has 0 fully saturated rings. The van der Waals surface area contributed by atoms with Crippen LogP contribution in [0.15, 0.2) is 12.7 Å². The molecular weight excluding hydrogens is 180 g/mol. The Morgan fingerprint density at radius 3 is 2.20 bits per heavy atom. The highest BCUT2D eigenvalue weighted by molar-refractivity contribution is 4.65. The summed E-state index contributed by atoms with van der Waals surface area (Å²) in [5.41, 5.74) is 0. The Bertz CT molecular complexity index is 126. The molecule has 90 valence electrons. The van der Waals surface area contributed by atoms with Crippen LogP contribution in [0.5, 0.6) is 0 Å². The molecule has 0 amide bonds. The number of hydrogen-bond acceptors (Lipinski definition) is 0. The Labute approximate surface area is 97.2 Å². The van der Waals surface area contributed by atoms with E-state index in [2.05, 4.69) is 20.4 Å². The number of unbranched alkanes of at least 4 members (excludes halogenated alkanes) is 5. The van der Waals surface area contributed by atoms with Crippen molar-refractivity contribution >= 4 is 0 Å². The summed E-state index contributed by atoms with van der Waals surface area (Å²) in [6.45, 7) is 8.39. The first-order valence-electron chi connectivity index (χ1n) is 6.96. The summed E-state index contributed by atoms with van der Waals surface area (Å²) in [7, 11) is 0. The normalized spacial score (nSPS) is 12.7. The SMILES string of the molecule is C=CCCCCCCC(CC)CCCC. The number of hydrogen-bond donors (Lipinski definition) is 0. The van der Waals surface area contributed by atoms with Gasteiger partial charge >= 0.3 is 0 Å². The highest BCUT2D eigenvalue weighted by Gasteiger charge is 2.04. The molecular formula is C15H30. The molecule has 0 spiro atoms. The van der Waals surface area contributed by atoms with Gasteiger partial charge in [-0.2, -0.15) is 0 Å². The molecule has 0 rings (SSSR count). The molecule has 0 aromatic heterocycles. The molecule has 0 aliphatic carbocycles. The van der Waals surface area contributed by atoms with Gasteiger partial charge in [-0.05, 0) is 18.8 Å². The van der Waals surface area contributed by atoms with Crippen molar-refractivity contribution in [1.82, 2.24) is 0 Å². The molecule has 0 saturated carbocycles. The van der Waals surface area contributed by atoms with Gasteiger partial charge in [0.2, 0.25) is 0 Å². The average molecular weight is 210 g/mol. The molecule has 1 unspecified atom stereocenters. The third kappa shape index (κ3) is 10.0. The highest BCUT2D eigenvalue weighted by atomic mass is 14.1. The molecule has 15 heavy (non-hydrogen) atoms. The quantitative estimate of drug-likeness (QED) is 0.302. The molecule has 0 aliphatic rings. The fourth-order valence-corrected chi connectivity index (χ4v) is 2.12. The molecule has 0 radical (unpaired) electrons. The minimum Gasteiger partial charge on any atom is -0.103 e. The minimum absolute atomic E-state index is 1.00. The van der Waals surface area contributed by atoms with E-state index in [9.17, 15) is 0 Å².